The fourth-order valence-electron chi connectivity index (χ4n) is 6.20. The summed E-state index contributed by atoms with van der Waals surface area (Å²) in [6, 6.07) is 0. The first-order valence-electron chi connectivity index (χ1n) is 17.5. The third-order valence-corrected chi connectivity index (χ3v) is 8.74. The van der Waals surface area contributed by atoms with Crippen LogP contribution in [0.2, 0.25) is 0 Å². The topological polar surface area (TPSA) is 26.3 Å². The standard InChI is InChI=1S/C35H68O2/c1-3-5-7-9-11-13-15-16-18-20-22-25-29-33(32-35(36)37-34-30-26-23-27-31-34)28-24-21-19-17-14-12-10-8-6-4-2/h33-34H,3-32H2,1-2H3. The molecule has 2 heteroatoms. The smallest absolute Gasteiger partial charge is 0.306 e. The molecule has 0 amide bonds. The quantitative estimate of drug-likeness (QED) is 0.0795. The van der Waals surface area contributed by atoms with Crippen LogP contribution >= 0.6 is 0 Å². The number of hydrogen-bond donors (Lipinski definition) is 0. The molecule has 1 fully saturated rings. The molecule has 0 aromatic carbocycles. The van der Waals surface area contributed by atoms with Gasteiger partial charge in [0, 0.05) is 6.42 Å². The largest absolute Gasteiger partial charge is 0.462 e. The van der Waals surface area contributed by atoms with E-state index in [2.05, 4.69) is 13.8 Å². The number of rotatable bonds is 27. The monoisotopic (exact) mass is 521 g/mol. The van der Waals surface area contributed by atoms with Crippen molar-refractivity contribution >= 4 is 5.97 Å². The van der Waals surface area contributed by atoms with E-state index >= 15 is 0 Å². The maximum absolute atomic E-state index is 12.7. The average molecular weight is 521 g/mol. The molecule has 1 aliphatic carbocycles. The maximum atomic E-state index is 12.7. The van der Waals surface area contributed by atoms with Crippen LogP contribution in [0.5, 0.6) is 0 Å². The summed E-state index contributed by atoms with van der Waals surface area (Å²) in [5.41, 5.74) is 0. The highest BCUT2D eigenvalue weighted by Crippen LogP contribution is 2.25. The Labute approximate surface area is 233 Å². The minimum atomic E-state index is 0.0999. The van der Waals surface area contributed by atoms with Gasteiger partial charge in [-0.25, -0.2) is 0 Å². The Balaban J connectivity index is 2.15. The van der Waals surface area contributed by atoms with Gasteiger partial charge in [-0.2, -0.15) is 0 Å². The molecule has 1 aliphatic rings. The molecule has 0 bridgehead atoms. The van der Waals surface area contributed by atoms with Gasteiger partial charge in [-0.3, -0.25) is 4.79 Å². The van der Waals surface area contributed by atoms with Crippen molar-refractivity contribution in [3.05, 3.63) is 0 Å². The normalized spacial score (nSPS) is 15.2. The van der Waals surface area contributed by atoms with E-state index in [1.54, 1.807) is 0 Å². The Morgan fingerprint density at radius 2 is 0.892 bits per heavy atom. The van der Waals surface area contributed by atoms with Crippen LogP contribution in [0, 0.1) is 5.92 Å². The molecular weight excluding hydrogens is 452 g/mol. The summed E-state index contributed by atoms with van der Waals surface area (Å²) < 4.78 is 5.90. The van der Waals surface area contributed by atoms with E-state index in [4.69, 9.17) is 4.74 Å². The Kier molecular flexibility index (Phi) is 25.2. The van der Waals surface area contributed by atoms with E-state index in [9.17, 15) is 4.79 Å². The Hall–Kier alpha value is -0.530. The first-order chi connectivity index (χ1) is 18.3. The lowest BCUT2D eigenvalue weighted by Crippen LogP contribution is -2.22. The summed E-state index contributed by atoms with van der Waals surface area (Å²) >= 11 is 0. The third-order valence-electron chi connectivity index (χ3n) is 8.74. The molecule has 0 aromatic rings. The maximum Gasteiger partial charge on any atom is 0.306 e. The molecule has 220 valence electrons. The molecule has 1 unspecified atom stereocenters. The minimum absolute atomic E-state index is 0.0999. The van der Waals surface area contributed by atoms with Gasteiger partial charge in [0.25, 0.3) is 0 Å². The average Bonchev–Trinajstić information content (AvgIpc) is 2.90. The van der Waals surface area contributed by atoms with Crippen molar-refractivity contribution in [3.8, 4) is 0 Å². The second kappa shape index (κ2) is 27.1. The Bertz CT molecular complexity index is 468. The molecule has 2 nitrogen and oxygen atoms in total. The molecule has 0 aromatic heterocycles. The van der Waals surface area contributed by atoms with E-state index in [1.165, 1.54) is 173 Å². The third kappa shape index (κ3) is 23.1. The number of carbonyl (C=O) groups is 1. The zero-order chi connectivity index (χ0) is 26.7. The lowest BCUT2D eigenvalue weighted by atomic mass is 9.91. The fourth-order valence-corrected chi connectivity index (χ4v) is 6.20. The van der Waals surface area contributed by atoms with Crippen molar-refractivity contribution in [1.29, 1.82) is 0 Å². The predicted octanol–water partition coefficient (Wildman–Crippen LogP) is 12.3. The van der Waals surface area contributed by atoms with E-state index < -0.39 is 0 Å². The van der Waals surface area contributed by atoms with Crippen LogP contribution in [0.1, 0.15) is 206 Å². The number of ether oxygens (including phenoxy) is 1. The molecule has 1 saturated carbocycles. The first kappa shape index (κ1) is 34.5. The van der Waals surface area contributed by atoms with Gasteiger partial charge in [0.1, 0.15) is 6.10 Å². The van der Waals surface area contributed by atoms with Gasteiger partial charge in [0.2, 0.25) is 0 Å². The van der Waals surface area contributed by atoms with Crippen molar-refractivity contribution in [3.63, 3.8) is 0 Å². The Morgan fingerprint density at radius 1 is 0.541 bits per heavy atom. The van der Waals surface area contributed by atoms with Gasteiger partial charge in [-0.15, -0.1) is 0 Å². The fraction of sp³-hybridized carbons (Fsp3) is 0.971. The predicted molar refractivity (Wildman–Crippen MR) is 163 cm³/mol. The van der Waals surface area contributed by atoms with Gasteiger partial charge in [-0.05, 0) is 44.4 Å². The van der Waals surface area contributed by atoms with Crippen LogP contribution in [0.3, 0.4) is 0 Å². The van der Waals surface area contributed by atoms with Crippen LogP contribution in [0.4, 0.5) is 0 Å². The number of hydrogen-bond acceptors (Lipinski definition) is 2. The van der Waals surface area contributed by atoms with Crippen molar-refractivity contribution < 1.29 is 9.53 Å². The minimum Gasteiger partial charge on any atom is -0.462 e. The zero-order valence-corrected chi connectivity index (χ0v) is 25.7. The van der Waals surface area contributed by atoms with Crippen LogP contribution in [0.15, 0.2) is 0 Å². The second-order valence-corrected chi connectivity index (χ2v) is 12.5. The van der Waals surface area contributed by atoms with Crippen molar-refractivity contribution in [2.45, 2.75) is 213 Å². The second-order valence-electron chi connectivity index (χ2n) is 12.5. The molecule has 0 radical (unpaired) electrons. The molecule has 0 spiro atoms. The summed E-state index contributed by atoms with van der Waals surface area (Å²) in [7, 11) is 0. The highest BCUT2D eigenvalue weighted by Gasteiger charge is 2.20. The highest BCUT2D eigenvalue weighted by atomic mass is 16.5. The lowest BCUT2D eigenvalue weighted by molar-refractivity contribution is -0.151. The van der Waals surface area contributed by atoms with E-state index in [0.717, 1.165) is 12.8 Å². The first-order valence-corrected chi connectivity index (χ1v) is 17.5. The lowest BCUT2D eigenvalue weighted by Gasteiger charge is -2.23. The number of esters is 1. The molecule has 1 atom stereocenters. The SMILES string of the molecule is CCCCCCCCCCCCCCC(CCCCCCCCCCCC)CC(=O)OC1CCCCC1. The summed E-state index contributed by atoms with van der Waals surface area (Å²) in [4.78, 5) is 12.7. The van der Waals surface area contributed by atoms with Crippen molar-refractivity contribution in [2.24, 2.45) is 5.92 Å². The van der Waals surface area contributed by atoms with Crippen LogP contribution in [-0.4, -0.2) is 12.1 Å². The van der Waals surface area contributed by atoms with Crippen LogP contribution in [-0.2, 0) is 9.53 Å². The van der Waals surface area contributed by atoms with Crippen LogP contribution in [0.25, 0.3) is 0 Å². The van der Waals surface area contributed by atoms with Crippen molar-refractivity contribution in [2.75, 3.05) is 0 Å². The molecule has 0 aliphatic heterocycles. The van der Waals surface area contributed by atoms with E-state index in [0.29, 0.717) is 12.3 Å². The zero-order valence-electron chi connectivity index (χ0n) is 25.7. The highest BCUT2D eigenvalue weighted by molar-refractivity contribution is 5.69. The Morgan fingerprint density at radius 3 is 1.27 bits per heavy atom. The van der Waals surface area contributed by atoms with Gasteiger partial charge >= 0.3 is 5.97 Å². The number of unbranched alkanes of at least 4 members (excludes halogenated alkanes) is 20. The molecular formula is C35H68O2. The summed E-state index contributed by atoms with van der Waals surface area (Å²) in [6.07, 6.45) is 40.0. The van der Waals surface area contributed by atoms with Crippen molar-refractivity contribution in [1.82, 2.24) is 0 Å². The van der Waals surface area contributed by atoms with E-state index in [-0.39, 0.29) is 12.1 Å². The summed E-state index contributed by atoms with van der Waals surface area (Å²) in [5.74, 6) is 0.649. The molecule has 1 rings (SSSR count). The molecule has 0 N–H and O–H groups in total. The molecule has 0 saturated heterocycles. The summed E-state index contributed by atoms with van der Waals surface area (Å²) in [6.45, 7) is 4.59. The summed E-state index contributed by atoms with van der Waals surface area (Å²) in [5, 5.41) is 0. The van der Waals surface area contributed by atoms with Gasteiger partial charge < -0.3 is 4.74 Å². The molecule has 37 heavy (non-hydrogen) atoms. The van der Waals surface area contributed by atoms with Gasteiger partial charge in [0.05, 0.1) is 0 Å². The van der Waals surface area contributed by atoms with Gasteiger partial charge in [0.15, 0.2) is 0 Å². The number of carbonyl (C=O) groups excluding carboxylic acids is 1. The van der Waals surface area contributed by atoms with Crippen LogP contribution < -0.4 is 0 Å². The van der Waals surface area contributed by atoms with E-state index in [1.807, 2.05) is 0 Å². The molecule has 0 heterocycles. The van der Waals surface area contributed by atoms with Gasteiger partial charge in [-0.1, -0.05) is 162 Å².